The molecule has 0 aromatic carbocycles. The summed E-state index contributed by atoms with van der Waals surface area (Å²) in [7, 11) is 3.97. The number of thiocarbonyl (C=S) groups is 1. The molecule has 0 atom stereocenters. The van der Waals surface area contributed by atoms with E-state index in [2.05, 4.69) is 25.8 Å². The lowest BCUT2D eigenvalue weighted by atomic mass is 9.75. The van der Waals surface area contributed by atoms with Gasteiger partial charge >= 0.3 is 0 Å². The average Bonchev–Trinajstić information content (AvgIpc) is 2.41. The van der Waals surface area contributed by atoms with Gasteiger partial charge in [-0.1, -0.05) is 26.1 Å². The minimum Gasteiger partial charge on any atom is -0.393 e. The number of rotatable bonds is 7. The smallest absolute Gasteiger partial charge is 0.223 e. The third-order valence-electron chi connectivity index (χ3n) is 4.73. The van der Waals surface area contributed by atoms with Crippen molar-refractivity contribution in [3.05, 3.63) is 0 Å². The minimum absolute atomic E-state index is 0.175. The van der Waals surface area contributed by atoms with E-state index in [9.17, 15) is 4.79 Å². The van der Waals surface area contributed by atoms with Crippen LogP contribution in [0.5, 0.6) is 0 Å². The van der Waals surface area contributed by atoms with Gasteiger partial charge in [0, 0.05) is 39.0 Å². The summed E-state index contributed by atoms with van der Waals surface area (Å²) in [4.78, 5) is 16.6. The van der Waals surface area contributed by atoms with Crippen molar-refractivity contribution in [2.24, 2.45) is 11.1 Å². The molecule has 21 heavy (non-hydrogen) atoms. The third-order valence-corrected chi connectivity index (χ3v) is 4.93. The van der Waals surface area contributed by atoms with Gasteiger partial charge in [-0.05, 0) is 38.1 Å². The van der Waals surface area contributed by atoms with E-state index < -0.39 is 0 Å². The van der Waals surface area contributed by atoms with Crippen LogP contribution >= 0.6 is 12.2 Å². The normalized spacial score (nSPS) is 18.7. The standard InChI is InChI=1S/C16H31N3OS/c1-16(2)9-5-13(6-10-16)18(3)12-8-15(20)19(4)11-7-14(17)21/h13H,5-12H2,1-4H3,(H2,17,21). The maximum absolute atomic E-state index is 12.1. The van der Waals surface area contributed by atoms with Crippen LogP contribution in [0.3, 0.4) is 0 Å². The van der Waals surface area contributed by atoms with Crippen LogP contribution in [0.15, 0.2) is 0 Å². The molecule has 5 heteroatoms. The van der Waals surface area contributed by atoms with Crippen LogP contribution in [0.2, 0.25) is 0 Å². The Morgan fingerprint density at radius 3 is 2.29 bits per heavy atom. The van der Waals surface area contributed by atoms with Gasteiger partial charge in [-0.15, -0.1) is 0 Å². The van der Waals surface area contributed by atoms with Crippen molar-refractivity contribution >= 4 is 23.1 Å². The van der Waals surface area contributed by atoms with Gasteiger partial charge in [-0.25, -0.2) is 0 Å². The number of hydrogen-bond acceptors (Lipinski definition) is 3. The van der Waals surface area contributed by atoms with Crippen LogP contribution < -0.4 is 5.73 Å². The summed E-state index contributed by atoms with van der Waals surface area (Å²) in [5, 5.41) is 0. The average molecular weight is 314 g/mol. The molecular formula is C16H31N3OS. The summed E-state index contributed by atoms with van der Waals surface area (Å²) in [6, 6.07) is 0.632. The number of nitrogens with zero attached hydrogens (tertiary/aromatic N) is 2. The van der Waals surface area contributed by atoms with Gasteiger partial charge in [0.1, 0.15) is 0 Å². The molecule has 122 valence electrons. The second kappa shape index (κ2) is 8.08. The van der Waals surface area contributed by atoms with Crippen molar-refractivity contribution < 1.29 is 4.79 Å². The molecular weight excluding hydrogens is 282 g/mol. The second-order valence-electron chi connectivity index (χ2n) is 7.16. The maximum atomic E-state index is 12.1. The van der Waals surface area contributed by atoms with Crippen LogP contribution in [0.25, 0.3) is 0 Å². The molecule has 0 unspecified atom stereocenters. The van der Waals surface area contributed by atoms with Gasteiger partial charge in [-0.2, -0.15) is 0 Å². The predicted octanol–water partition coefficient (Wildman–Crippen LogP) is 2.41. The Balaban J connectivity index is 2.27. The number of nitrogens with two attached hydrogens (primary N) is 1. The Bertz CT molecular complexity index is 361. The zero-order valence-corrected chi connectivity index (χ0v) is 14.8. The fourth-order valence-electron chi connectivity index (χ4n) is 2.87. The number of hydrogen-bond donors (Lipinski definition) is 1. The molecule has 1 rings (SSSR count). The molecule has 2 N–H and O–H groups in total. The van der Waals surface area contributed by atoms with Gasteiger partial charge in [0.2, 0.25) is 5.91 Å². The van der Waals surface area contributed by atoms with E-state index >= 15 is 0 Å². The van der Waals surface area contributed by atoms with E-state index in [1.54, 1.807) is 4.90 Å². The van der Waals surface area contributed by atoms with Crippen molar-refractivity contribution in [3.63, 3.8) is 0 Å². The predicted molar refractivity (Wildman–Crippen MR) is 92.3 cm³/mol. The highest BCUT2D eigenvalue weighted by atomic mass is 32.1. The van der Waals surface area contributed by atoms with Crippen molar-refractivity contribution in [1.82, 2.24) is 9.80 Å². The van der Waals surface area contributed by atoms with Gasteiger partial charge < -0.3 is 15.5 Å². The molecule has 0 saturated heterocycles. The van der Waals surface area contributed by atoms with E-state index in [4.69, 9.17) is 18.0 Å². The number of carbonyl (C=O) groups is 1. The van der Waals surface area contributed by atoms with E-state index in [1.807, 2.05) is 7.05 Å². The molecule has 0 aromatic rings. The summed E-state index contributed by atoms with van der Waals surface area (Å²) in [6.07, 6.45) is 6.23. The Morgan fingerprint density at radius 1 is 1.19 bits per heavy atom. The minimum atomic E-state index is 0.175. The molecule has 4 nitrogen and oxygen atoms in total. The molecule has 1 aliphatic carbocycles. The molecule has 0 spiro atoms. The molecule has 0 aromatic heterocycles. The fourth-order valence-corrected chi connectivity index (χ4v) is 2.96. The lowest BCUT2D eigenvalue weighted by molar-refractivity contribution is -0.130. The fraction of sp³-hybridized carbons (Fsp3) is 0.875. The van der Waals surface area contributed by atoms with Gasteiger partial charge in [0.15, 0.2) is 0 Å². The topological polar surface area (TPSA) is 49.6 Å². The first-order valence-corrected chi connectivity index (χ1v) is 8.34. The van der Waals surface area contributed by atoms with E-state index in [0.29, 0.717) is 35.8 Å². The first-order valence-electron chi connectivity index (χ1n) is 7.94. The number of amides is 1. The summed E-state index contributed by atoms with van der Waals surface area (Å²) < 4.78 is 0. The molecule has 1 aliphatic rings. The zero-order valence-electron chi connectivity index (χ0n) is 14.0. The highest BCUT2D eigenvalue weighted by molar-refractivity contribution is 7.80. The van der Waals surface area contributed by atoms with Crippen LogP contribution in [0.4, 0.5) is 0 Å². The van der Waals surface area contributed by atoms with Crippen molar-refractivity contribution in [3.8, 4) is 0 Å². The lowest BCUT2D eigenvalue weighted by Crippen LogP contribution is -2.39. The second-order valence-corrected chi connectivity index (χ2v) is 7.68. The highest BCUT2D eigenvalue weighted by Crippen LogP contribution is 2.36. The van der Waals surface area contributed by atoms with Gasteiger partial charge in [0.05, 0.1) is 4.99 Å². The van der Waals surface area contributed by atoms with E-state index in [1.165, 1.54) is 25.7 Å². The highest BCUT2D eigenvalue weighted by Gasteiger charge is 2.28. The molecule has 1 amide bonds. The van der Waals surface area contributed by atoms with Gasteiger partial charge in [-0.3, -0.25) is 4.79 Å². The maximum Gasteiger partial charge on any atom is 0.223 e. The monoisotopic (exact) mass is 313 g/mol. The largest absolute Gasteiger partial charge is 0.393 e. The summed E-state index contributed by atoms with van der Waals surface area (Å²) >= 11 is 4.84. The Hall–Kier alpha value is -0.680. The van der Waals surface area contributed by atoms with Crippen LogP contribution in [-0.4, -0.2) is 53.9 Å². The summed E-state index contributed by atoms with van der Waals surface area (Å²) in [5.41, 5.74) is 5.96. The van der Waals surface area contributed by atoms with Crippen LogP contribution in [0.1, 0.15) is 52.4 Å². The van der Waals surface area contributed by atoms with Crippen molar-refractivity contribution in [2.45, 2.75) is 58.4 Å². The van der Waals surface area contributed by atoms with Crippen LogP contribution in [0, 0.1) is 5.41 Å². The lowest BCUT2D eigenvalue weighted by Gasteiger charge is -2.38. The molecule has 0 heterocycles. The summed E-state index contributed by atoms with van der Waals surface area (Å²) in [5.74, 6) is 0.175. The van der Waals surface area contributed by atoms with Crippen molar-refractivity contribution in [2.75, 3.05) is 27.2 Å². The Morgan fingerprint density at radius 2 is 1.76 bits per heavy atom. The molecule has 0 bridgehead atoms. The molecule has 1 fully saturated rings. The van der Waals surface area contributed by atoms with Crippen molar-refractivity contribution in [1.29, 1.82) is 0 Å². The molecule has 1 saturated carbocycles. The number of carbonyl (C=O) groups excluding carboxylic acids is 1. The summed E-state index contributed by atoms with van der Waals surface area (Å²) in [6.45, 7) is 6.16. The molecule has 0 radical (unpaired) electrons. The quantitative estimate of drug-likeness (QED) is 0.733. The van der Waals surface area contributed by atoms with Crippen LogP contribution in [-0.2, 0) is 4.79 Å². The van der Waals surface area contributed by atoms with Gasteiger partial charge in [0.25, 0.3) is 0 Å². The Kier molecular flexibility index (Phi) is 7.07. The third kappa shape index (κ3) is 6.74. The Labute approximate surface area is 135 Å². The molecule has 0 aliphatic heterocycles. The first kappa shape index (κ1) is 18.4. The SMILES string of the molecule is CN(CCC(N)=S)C(=O)CCN(C)C1CCC(C)(C)CC1. The van der Waals surface area contributed by atoms with E-state index in [0.717, 1.165) is 6.54 Å². The zero-order chi connectivity index (χ0) is 16.0. The first-order chi connectivity index (χ1) is 9.71. The van der Waals surface area contributed by atoms with E-state index in [-0.39, 0.29) is 5.91 Å².